The molecule has 1 aromatic rings. The molecule has 134 valence electrons. The summed E-state index contributed by atoms with van der Waals surface area (Å²) in [6.45, 7) is 4.40. The van der Waals surface area contributed by atoms with Gasteiger partial charge < -0.3 is 5.32 Å². The molecule has 6 nitrogen and oxygen atoms in total. The molecule has 0 saturated carbocycles. The first-order valence-electron chi connectivity index (χ1n) is 8.13. The van der Waals surface area contributed by atoms with Crippen LogP contribution in [-0.2, 0) is 14.8 Å². The van der Waals surface area contributed by atoms with Crippen LogP contribution in [0.15, 0.2) is 29.2 Å². The lowest BCUT2D eigenvalue weighted by molar-refractivity contribution is -0.121. The molecule has 7 heteroatoms. The molecule has 0 aliphatic rings. The lowest BCUT2D eigenvalue weighted by Crippen LogP contribution is -2.30. The summed E-state index contributed by atoms with van der Waals surface area (Å²) in [7, 11) is -2.12. The summed E-state index contributed by atoms with van der Waals surface area (Å²) in [6.07, 6.45) is 2.71. The van der Waals surface area contributed by atoms with Crippen molar-refractivity contribution in [1.82, 2.24) is 9.62 Å². The van der Waals surface area contributed by atoms with E-state index in [1.54, 1.807) is 0 Å². The Labute approximate surface area is 144 Å². The van der Waals surface area contributed by atoms with Crippen molar-refractivity contribution in [2.24, 2.45) is 0 Å². The van der Waals surface area contributed by atoms with E-state index < -0.39 is 10.0 Å². The van der Waals surface area contributed by atoms with Crippen molar-refractivity contribution in [1.29, 1.82) is 0 Å². The number of hydrogen-bond acceptors (Lipinski definition) is 4. The van der Waals surface area contributed by atoms with E-state index in [9.17, 15) is 18.0 Å². The number of hydrogen-bond donors (Lipinski definition) is 1. The summed E-state index contributed by atoms with van der Waals surface area (Å²) in [5.41, 5.74) is 0.473. The molecule has 0 fully saturated rings. The third kappa shape index (κ3) is 6.05. The van der Waals surface area contributed by atoms with Gasteiger partial charge in [-0.25, -0.2) is 12.7 Å². The highest BCUT2D eigenvalue weighted by molar-refractivity contribution is 7.89. The van der Waals surface area contributed by atoms with Crippen LogP contribution in [0, 0.1) is 0 Å². The van der Waals surface area contributed by atoms with Gasteiger partial charge in [0.15, 0.2) is 5.78 Å². The molecule has 0 bridgehead atoms. The first kappa shape index (κ1) is 20.3. The Morgan fingerprint density at radius 2 is 1.75 bits per heavy atom. The minimum atomic E-state index is -3.61. The van der Waals surface area contributed by atoms with Gasteiger partial charge in [0, 0.05) is 32.1 Å². The second-order valence-corrected chi connectivity index (χ2v) is 7.76. The zero-order valence-corrected chi connectivity index (χ0v) is 15.4. The van der Waals surface area contributed by atoms with E-state index in [0.29, 0.717) is 24.9 Å². The number of amides is 1. The largest absolute Gasteiger partial charge is 0.356 e. The second kappa shape index (κ2) is 9.54. The van der Waals surface area contributed by atoms with Gasteiger partial charge in [0.25, 0.3) is 0 Å². The fourth-order valence-electron chi connectivity index (χ4n) is 2.12. The summed E-state index contributed by atoms with van der Waals surface area (Å²) in [5.74, 6) is -0.165. The Bertz CT molecular complexity index is 654. The fraction of sp³-hybridized carbons (Fsp3) is 0.529. The van der Waals surface area contributed by atoms with E-state index >= 15 is 0 Å². The van der Waals surface area contributed by atoms with Gasteiger partial charge in [-0.15, -0.1) is 0 Å². The van der Waals surface area contributed by atoms with Gasteiger partial charge in [0.1, 0.15) is 0 Å². The molecule has 0 saturated heterocycles. The number of rotatable bonds is 10. The average molecular weight is 354 g/mol. The second-order valence-electron chi connectivity index (χ2n) is 5.71. The maximum Gasteiger partial charge on any atom is 0.242 e. The van der Waals surface area contributed by atoms with E-state index in [1.165, 1.54) is 42.5 Å². The third-order valence-electron chi connectivity index (χ3n) is 3.70. The Morgan fingerprint density at radius 1 is 1.12 bits per heavy atom. The monoisotopic (exact) mass is 354 g/mol. The zero-order chi connectivity index (χ0) is 18.2. The number of Topliss-reactive ketones (excluding diaryl/α,β-unsaturated/α-hetero) is 1. The lowest BCUT2D eigenvalue weighted by Gasteiger charge is -2.17. The number of sulfonamides is 1. The maximum atomic E-state index is 12.4. The smallest absolute Gasteiger partial charge is 0.242 e. The zero-order valence-electron chi connectivity index (χ0n) is 14.5. The van der Waals surface area contributed by atoms with Crippen LogP contribution < -0.4 is 5.32 Å². The number of ketones is 1. The van der Waals surface area contributed by atoms with E-state index in [2.05, 4.69) is 12.2 Å². The highest BCUT2D eigenvalue weighted by Gasteiger charge is 2.20. The van der Waals surface area contributed by atoms with Crippen LogP contribution in [0.2, 0.25) is 0 Å². The highest BCUT2D eigenvalue weighted by Crippen LogP contribution is 2.16. The van der Waals surface area contributed by atoms with Gasteiger partial charge >= 0.3 is 0 Å². The number of benzene rings is 1. The van der Waals surface area contributed by atoms with E-state index in [-0.39, 0.29) is 23.1 Å². The van der Waals surface area contributed by atoms with Crippen LogP contribution in [-0.4, -0.2) is 44.6 Å². The average Bonchev–Trinajstić information content (AvgIpc) is 2.55. The van der Waals surface area contributed by atoms with Crippen molar-refractivity contribution in [3.8, 4) is 0 Å². The molecule has 0 aromatic heterocycles. The first-order valence-corrected chi connectivity index (χ1v) is 9.57. The molecule has 0 heterocycles. The minimum Gasteiger partial charge on any atom is -0.356 e. The molecule has 1 N–H and O–H groups in total. The van der Waals surface area contributed by atoms with Gasteiger partial charge in [-0.05, 0) is 31.9 Å². The van der Waals surface area contributed by atoms with Crippen molar-refractivity contribution in [2.75, 3.05) is 20.1 Å². The SMILES string of the molecule is CCCCNC(=O)CCCN(C)S(=O)(=O)c1ccc(C(C)=O)cc1. The summed E-state index contributed by atoms with van der Waals surface area (Å²) < 4.78 is 26.1. The minimum absolute atomic E-state index is 0.0555. The van der Waals surface area contributed by atoms with E-state index in [4.69, 9.17) is 0 Å². The highest BCUT2D eigenvalue weighted by atomic mass is 32.2. The van der Waals surface area contributed by atoms with Gasteiger partial charge in [0.05, 0.1) is 4.90 Å². The maximum absolute atomic E-state index is 12.4. The molecule has 0 atom stereocenters. The third-order valence-corrected chi connectivity index (χ3v) is 5.57. The molecule has 0 radical (unpaired) electrons. The van der Waals surface area contributed by atoms with Gasteiger partial charge in [-0.2, -0.15) is 0 Å². The molecule has 0 aliphatic heterocycles. The quantitative estimate of drug-likeness (QED) is 0.516. The first-order chi connectivity index (χ1) is 11.3. The summed E-state index contributed by atoms with van der Waals surface area (Å²) in [6, 6.07) is 5.87. The van der Waals surface area contributed by atoms with Gasteiger partial charge in [-0.3, -0.25) is 9.59 Å². The molecule has 1 amide bonds. The van der Waals surface area contributed by atoms with Crippen molar-refractivity contribution in [3.63, 3.8) is 0 Å². The van der Waals surface area contributed by atoms with Crippen LogP contribution in [0.25, 0.3) is 0 Å². The van der Waals surface area contributed by atoms with Crippen LogP contribution in [0.1, 0.15) is 49.9 Å². The summed E-state index contributed by atoms with van der Waals surface area (Å²) >= 11 is 0. The molecular weight excluding hydrogens is 328 g/mol. The van der Waals surface area contributed by atoms with Gasteiger partial charge in [0.2, 0.25) is 15.9 Å². The number of nitrogens with one attached hydrogen (secondary N) is 1. The van der Waals surface area contributed by atoms with E-state index in [1.807, 2.05) is 0 Å². The fourth-order valence-corrected chi connectivity index (χ4v) is 3.33. The van der Waals surface area contributed by atoms with Crippen LogP contribution in [0.5, 0.6) is 0 Å². The molecule has 0 spiro atoms. The van der Waals surface area contributed by atoms with Gasteiger partial charge in [-0.1, -0.05) is 25.5 Å². The lowest BCUT2D eigenvalue weighted by atomic mass is 10.2. The predicted molar refractivity (Wildman–Crippen MR) is 93.4 cm³/mol. The Hall–Kier alpha value is -1.73. The normalized spacial score (nSPS) is 11.5. The number of nitrogens with zero attached hydrogens (tertiary/aromatic N) is 1. The standard InChI is InChI=1S/C17H26N2O4S/c1-4-5-12-18-17(21)7-6-13-19(3)24(22,23)16-10-8-15(9-11-16)14(2)20/h8-11H,4-7,12-13H2,1-3H3,(H,18,21). The Kier molecular flexibility index (Phi) is 8.07. The topological polar surface area (TPSA) is 83.6 Å². The van der Waals surface area contributed by atoms with Crippen LogP contribution >= 0.6 is 0 Å². The van der Waals surface area contributed by atoms with E-state index in [0.717, 1.165) is 12.8 Å². The van der Waals surface area contributed by atoms with Crippen molar-refractivity contribution < 1.29 is 18.0 Å². The molecular formula is C17H26N2O4S. The molecule has 1 aromatic carbocycles. The Morgan fingerprint density at radius 3 is 2.29 bits per heavy atom. The Balaban J connectivity index is 2.55. The number of carbonyl (C=O) groups is 2. The molecule has 0 unspecified atom stereocenters. The number of unbranched alkanes of at least 4 members (excludes halogenated alkanes) is 1. The molecule has 0 aliphatic carbocycles. The van der Waals surface area contributed by atoms with Crippen LogP contribution in [0.4, 0.5) is 0 Å². The van der Waals surface area contributed by atoms with Crippen LogP contribution in [0.3, 0.4) is 0 Å². The predicted octanol–water partition coefficient (Wildman–Crippen LogP) is 2.21. The van der Waals surface area contributed by atoms with Crippen molar-refractivity contribution >= 4 is 21.7 Å². The van der Waals surface area contributed by atoms with Crippen molar-refractivity contribution in [3.05, 3.63) is 29.8 Å². The molecule has 24 heavy (non-hydrogen) atoms. The van der Waals surface area contributed by atoms with Crippen molar-refractivity contribution in [2.45, 2.75) is 44.4 Å². The molecule has 1 rings (SSSR count). The summed E-state index contributed by atoms with van der Waals surface area (Å²) in [4.78, 5) is 23.0. The number of carbonyl (C=O) groups excluding carboxylic acids is 2. The summed E-state index contributed by atoms with van der Waals surface area (Å²) in [5, 5.41) is 2.81.